The first-order chi connectivity index (χ1) is 9.78. The Kier molecular flexibility index (Phi) is 5.56. The molecule has 2 aromatic rings. The van der Waals surface area contributed by atoms with E-state index in [1.54, 1.807) is 0 Å². The largest absolute Gasteiger partial charge is 0.399 e. The summed E-state index contributed by atoms with van der Waals surface area (Å²) in [6, 6.07) is 12.4. The summed E-state index contributed by atoms with van der Waals surface area (Å²) in [5.41, 5.74) is 9.24. The molecule has 0 saturated heterocycles. The fourth-order valence-corrected chi connectivity index (χ4v) is 2.24. The van der Waals surface area contributed by atoms with Crippen molar-refractivity contribution in [2.45, 2.75) is 19.8 Å². The van der Waals surface area contributed by atoms with Gasteiger partial charge in [0.05, 0.1) is 0 Å². The molecule has 0 atom stereocenters. The van der Waals surface area contributed by atoms with Gasteiger partial charge in [-0.1, -0.05) is 19.1 Å². The van der Waals surface area contributed by atoms with Gasteiger partial charge in [0.1, 0.15) is 0 Å². The number of aromatic nitrogens is 1. The molecule has 0 aliphatic carbocycles. The number of nitrogens with zero attached hydrogens (tertiary/aromatic N) is 2. The molecular weight excluding hydrogens is 246 g/mol. The van der Waals surface area contributed by atoms with Crippen LogP contribution in [0.5, 0.6) is 0 Å². The van der Waals surface area contributed by atoms with E-state index in [4.69, 9.17) is 5.73 Å². The van der Waals surface area contributed by atoms with Crippen LogP contribution in [0.3, 0.4) is 0 Å². The molecule has 3 heteroatoms. The minimum atomic E-state index is 0.832. The summed E-state index contributed by atoms with van der Waals surface area (Å²) in [5, 5.41) is 0. The lowest BCUT2D eigenvalue weighted by Gasteiger charge is -2.20. The summed E-state index contributed by atoms with van der Waals surface area (Å²) in [4.78, 5) is 6.53. The molecule has 0 saturated carbocycles. The Balaban J connectivity index is 1.79. The lowest BCUT2D eigenvalue weighted by Crippen LogP contribution is -2.28. The van der Waals surface area contributed by atoms with Crippen LogP contribution in [0.2, 0.25) is 0 Å². The van der Waals surface area contributed by atoms with E-state index in [2.05, 4.69) is 41.1 Å². The maximum absolute atomic E-state index is 5.71. The van der Waals surface area contributed by atoms with E-state index in [9.17, 15) is 0 Å². The Labute approximate surface area is 121 Å². The average molecular weight is 269 g/mol. The molecule has 0 fully saturated rings. The van der Waals surface area contributed by atoms with Crippen LogP contribution in [0, 0.1) is 0 Å². The molecule has 2 rings (SSSR count). The van der Waals surface area contributed by atoms with Crippen LogP contribution < -0.4 is 5.73 Å². The zero-order valence-electron chi connectivity index (χ0n) is 12.1. The van der Waals surface area contributed by atoms with E-state index in [1.165, 1.54) is 11.1 Å². The van der Waals surface area contributed by atoms with Gasteiger partial charge < -0.3 is 10.6 Å². The van der Waals surface area contributed by atoms with Crippen molar-refractivity contribution in [1.29, 1.82) is 0 Å². The minimum absolute atomic E-state index is 0.832. The first-order valence-electron chi connectivity index (χ1n) is 7.23. The lowest BCUT2D eigenvalue weighted by atomic mass is 10.1. The molecule has 1 aromatic heterocycles. The predicted octanol–water partition coefficient (Wildman–Crippen LogP) is 2.77. The molecule has 0 radical (unpaired) electrons. The Morgan fingerprint density at radius 3 is 2.00 bits per heavy atom. The second kappa shape index (κ2) is 7.65. The van der Waals surface area contributed by atoms with Crippen LogP contribution in [-0.4, -0.2) is 29.5 Å². The maximum Gasteiger partial charge on any atom is 0.0314 e. The van der Waals surface area contributed by atoms with Gasteiger partial charge in [-0.25, -0.2) is 0 Å². The molecule has 0 aliphatic heterocycles. The first-order valence-corrected chi connectivity index (χ1v) is 7.23. The van der Waals surface area contributed by atoms with Crippen molar-refractivity contribution < 1.29 is 0 Å². The Morgan fingerprint density at radius 1 is 0.900 bits per heavy atom. The van der Waals surface area contributed by atoms with E-state index in [0.29, 0.717) is 0 Å². The van der Waals surface area contributed by atoms with Crippen molar-refractivity contribution >= 4 is 5.69 Å². The zero-order valence-corrected chi connectivity index (χ0v) is 12.1. The molecule has 106 valence electrons. The topological polar surface area (TPSA) is 42.2 Å². The molecule has 0 amide bonds. The average Bonchev–Trinajstić information content (AvgIpc) is 2.50. The summed E-state index contributed by atoms with van der Waals surface area (Å²) < 4.78 is 0. The van der Waals surface area contributed by atoms with Gasteiger partial charge in [-0.15, -0.1) is 0 Å². The van der Waals surface area contributed by atoms with Gasteiger partial charge in [0.25, 0.3) is 0 Å². The zero-order chi connectivity index (χ0) is 14.2. The number of nitrogens with two attached hydrogens (primary N) is 1. The standard InChI is InChI=1S/C17H23N3/c1-2-20(14-10-16-7-11-19-12-8-16)13-9-15-3-5-17(18)6-4-15/h3-8,11-12H,2,9-10,13-14,18H2,1H3. The van der Waals surface area contributed by atoms with Gasteiger partial charge in [0, 0.05) is 31.2 Å². The smallest absolute Gasteiger partial charge is 0.0314 e. The van der Waals surface area contributed by atoms with E-state index in [-0.39, 0.29) is 0 Å². The minimum Gasteiger partial charge on any atom is -0.399 e. The highest BCUT2D eigenvalue weighted by Crippen LogP contribution is 2.07. The summed E-state index contributed by atoms with van der Waals surface area (Å²) >= 11 is 0. The van der Waals surface area contributed by atoms with Gasteiger partial charge in [0.2, 0.25) is 0 Å². The normalized spacial score (nSPS) is 10.9. The van der Waals surface area contributed by atoms with Gasteiger partial charge in [-0.3, -0.25) is 4.98 Å². The van der Waals surface area contributed by atoms with Crippen LogP contribution in [-0.2, 0) is 12.8 Å². The molecule has 1 heterocycles. The molecule has 3 nitrogen and oxygen atoms in total. The first kappa shape index (κ1) is 14.5. The number of pyridine rings is 1. The second-order valence-corrected chi connectivity index (χ2v) is 5.03. The molecular formula is C17H23N3. The molecule has 0 aliphatic rings. The summed E-state index contributed by atoms with van der Waals surface area (Å²) in [5.74, 6) is 0. The quantitative estimate of drug-likeness (QED) is 0.786. The number of rotatable bonds is 7. The van der Waals surface area contributed by atoms with E-state index in [1.807, 2.05) is 24.5 Å². The number of anilines is 1. The van der Waals surface area contributed by atoms with Crippen LogP contribution in [0.25, 0.3) is 0 Å². The highest BCUT2D eigenvalue weighted by Gasteiger charge is 2.03. The summed E-state index contributed by atoms with van der Waals surface area (Å²) in [6.45, 7) is 5.48. The third kappa shape index (κ3) is 4.67. The number of likely N-dealkylation sites (N-methyl/N-ethyl adjacent to an activating group) is 1. The van der Waals surface area contributed by atoms with Gasteiger partial charge in [0.15, 0.2) is 0 Å². The monoisotopic (exact) mass is 269 g/mol. The summed E-state index contributed by atoms with van der Waals surface area (Å²) in [6.07, 6.45) is 5.88. The molecule has 2 N–H and O–H groups in total. The van der Waals surface area contributed by atoms with Crippen LogP contribution in [0.4, 0.5) is 5.69 Å². The van der Waals surface area contributed by atoms with Crippen molar-refractivity contribution in [3.05, 3.63) is 59.9 Å². The Morgan fingerprint density at radius 2 is 1.45 bits per heavy atom. The second-order valence-electron chi connectivity index (χ2n) is 5.03. The van der Waals surface area contributed by atoms with Gasteiger partial charge in [-0.05, 0) is 54.8 Å². The number of hydrogen-bond donors (Lipinski definition) is 1. The van der Waals surface area contributed by atoms with Crippen molar-refractivity contribution in [1.82, 2.24) is 9.88 Å². The number of benzene rings is 1. The third-order valence-corrected chi connectivity index (χ3v) is 3.61. The van der Waals surface area contributed by atoms with Crippen LogP contribution in [0.15, 0.2) is 48.8 Å². The van der Waals surface area contributed by atoms with Crippen molar-refractivity contribution in [3.8, 4) is 0 Å². The molecule has 0 spiro atoms. The fourth-order valence-electron chi connectivity index (χ4n) is 2.24. The SMILES string of the molecule is CCN(CCc1ccncc1)CCc1ccc(N)cc1. The van der Waals surface area contributed by atoms with Crippen LogP contribution >= 0.6 is 0 Å². The Hall–Kier alpha value is -1.87. The van der Waals surface area contributed by atoms with Crippen LogP contribution in [0.1, 0.15) is 18.1 Å². The molecule has 20 heavy (non-hydrogen) atoms. The van der Waals surface area contributed by atoms with E-state index >= 15 is 0 Å². The van der Waals surface area contributed by atoms with Gasteiger partial charge in [-0.2, -0.15) is 0 Å². The van der Waals surface area contributed by atoms with Gasteiger partial charge >= 0.3 is 0 Å². The molecule has 0 bridgehead atoms. The van der Waals surface area contributed by atoms with Crippen molar-refractivity contribution in [3.63, 3.8) is 0 Å². The van der Waals surface area contributed by atoms with Crippen molar-refractivity contribution in [2.24, 2.45) is 0 Å². The summed E-state index contributed by atoms with van der Waals surface area (Å²) in [7, 11) is 0. The maximum atomic E-state index is 5.71. The van der Waals surface area contributed by atoms with E-state index < -0.39 is 0 Å². The lowest BCUT2D eigenvalue weighted by molar-refractivity contribution is 0.295. The highest BCUT2D eigenvalue weighted by atomic mass is 15.1. The molecule has 0 unspecified atom stereocenters. The molecule has 1 aromatic carbocycles. The van der Waals surface area contributed by atoms with Crippen molar-refractivity contribution in [2.75, 3.05) is 25.4 Å². The Bertz CT molecular complexity index is 493. The number of hydrogen-bond acceptors (Lipinski definition) is 3. The third-order valence-electron chi connectivity index (χ3n) is 3.61. The van der Waals surface area contributed by atoms with E-state index in [0.717, 1.165) is 38.2 Å². The number of nitrogen functional groups attached to an aromatic ring is 1. The predicted molar refractivity (Wildman–Crippen MR) is 84.6 cm³/mol. The highest BCUT2D eigenvalue weighted by molar-refractivity contribution is 5.39. The fraction of sp³-hybridized carbons (Fsp3) is 0.353.